The first kappa shape index (κ1) is 18.7. The van der Waals surface area contributed by atoms with E-state index in [0.717, 1.165) is 28.1 Å². The van der Waals surface area contributed by atoms with Crippen molar-refractivity contribution in [3.63, 3.8) is 0 Å². The van der Waals surface area contributed by atoms with Crippen LogP contribution in [0.3, 0.4) is 0 Å². The van der Waals surface area contributed by atoms with Crippen molar-refractivity contribution in [2.75, 3.05) is 17.7 Å². The molecule has 4 nitrogen and oxygen atoms in total. The van der Waals surface area contributed by atoms with Gasteiger partial charge in [0.25, 0.3) is 0 Å². The molecule has 0 saturated heterocycles. The van der Waals surface area contributed by atoms with Crippen molar-refractivity contribution in [2.24, 2.45) is 0 Å². The van der Waals surface area contributed by atoms with Gasteiger partial charge in [-0.25, -0.2) is 4.79 Å². The summed E-state index contributed by atoms with van der Waals surface area (Å²) in [5.41, 5.74) is 3.27. The van der Waals surface area contributed by atoms with Gasteiger partial charge in [-0.05, 0) is 55.7 Å². The second-order valence-corrected chi connectivity index (χ2v) is 7.22. The number of benzene rings is 1. The molecule has 1 aromatic heterocycles. The monoisotopic (exact) mass is 382 g/mol. The molecule has 2 rings (SSSR count). The van der Waals surface area contributed by atoms with E-state index in [0.29, 0.717) is 20.7 Å². The van der Waals surface area contributed by atoms with E-state index in [1.807, 2.05) is 39.0 Å². The molecule has 0 bridgehead atoms. The predicted molar refractivity (Wildman–Crippen MR) is 106 cm³/mol. The number of ether oxygens (including phenoxy) is 1. The molecule has 0 atom stereocenters. The Labute approximate surface area is 156 Å². The van der Waals surface area contributed by atoms with E-state index < -0.39 is 0 Å². The summed E-state index contributed by atoms with van der Waals surface area (Å²) in [6.45, 7) is 5.91. The van der Waals surface area contributed by atoms with Crippen molar-refractivity contribution in [3.8, 4) is 0 Å². The molecule has 0 spiro atoms. The van der Waals surface area contributed by atoms with Crippen LogP contribution >= 0.6 is 35.2 Å². The van der Waals surface area contributed by atoms with Crippen molar-refractivity contribution < 1.29 is 9.53 Å². The summed E-state index contributed by atoms with van der Waals surface area (Å²) >= 11 is 13.0. The molecule has 0 unspecified atom stereocenters. The van der Waals surface area contributed by atoms with Crippen LogP contribution in [-0.2, 0) is 11.2 Å². The van der Waals surface area contributed by atoms with E-state index in [-0.39, 0.29) is 5.97 Å². The summed E-state index contributed by atoms with van der Waals surface area (Å²) in [5.74, 6) is -0.361. The molecule has 128 valence electrons. The topological polar surface area (TPSA) is 50.4 Å². The molecular formula is C17H19ClN2O2S2. The molecule has 0 aliphatic heterocycles. The summed E-state index contributed by atoms with van der Waals surface area (Å²) in [5, 5.41) is 7.98. The highest BCUT2D eigenvalue weighted by molar-refractivity contribution is 7.80. The third-order valence-electron chi connectivity index (χ3n) is 3.69. The lowest BCUT2D eigenvalue weighted by molar-refractivity contribution is 0.0601. The largest absolute Gasteiger partial charge is 0.465 e. The minimum Gasteiger partial charge on any atom is -0.465 e. The lowest BCUT2D eigenvalue weighted by atomic mass is 10.1. The van der Waals surface area contributed by atoms with Crippen molar-refractivity contribution in [1.82, 2.24) is 0 Å². The summed E-state index contributed by atoms with van der Waals surface area (Å²) in [6.07, 6.45) is 0.752. The zero-order valence-electron chi connectivity index (χ0n) is 14.0. The standard InChI is InChI=1S/C17H19ClN2O2S2/c1-5-11-10(3)24-15(14(11)16(21)22-4)20-17(23)19-13-8-6-7-12(18)9(13)2/h6-8H,5H2,1-4H3,(H2,19,20,23). The maximum Gasteiger partial charge on any atom is 0.341 e. The highest BCUT2D eigenvalue weighted by Crippen LogP contribution is 2.34. The van der Waals surface area contributed by atoms with Crippen LogP contribution < -0.4 is 10.6 Å². The zero-order valence-corrected chi connectivity index (χ0v) is 16.3. The maximum atomic E-state index is 12.1. The molecule has 0 radical (unpaired) electrons. The minimum atomic E-state index is -0.361. The fourth-order valence-electron chi connectivity index (χ4n) is 2.41. The van der Waals surface area contributed by atoms with E-state index in [9.17, 15) is 4.79 Å². The molecule has 2 aromatic rings. The Morgan fingerprint density at radius 1 is 1.33 bits per heavy atom. The van der Waals surface area contributed by atoms with E-state index in [1.54, 1.807) is 0 Å². The number of thiocarbonyl (C=S) groups is 1. The molecule has 0 amide bonds. The maximum absolute atomic E-state index is 12.1. The minimum absolute atomic E-state index is 0.361. The first-order valence-electron chi connectivity index (χ1n) is 7.42. The van der Waals surface area contributed by atoms with Crippen molar-refractivity contribution >= 4 is 56.9 Å². The number of thiophene rings is 1. The fraction of sp³-hybridized carbons (Fsp3) is 0.294. The SMILES string of the molecule is CCc1c(C)sc(NC(=S)Nc2cccc(Cl)c2C)c1C(=O)OC. The van der Waals surface area contributed by atoms with Gasteiger partial charge in [-0.2, -0.15) is 0 Å². The lowest BCUT2D eigenvalue weighted by Crippen LogP contribution is -2.20. The van der Waals surface area contributed by atoms with Crippen LogP contribution in [0.5, 0.6) is 0 Å². The van der Waals surface area contributed by atoms with Gasteiger partial charge in [0.1, 0.15) is 5.00 Å². The number of carbonyl (C=O) groups is 1. The third-order valence-corrected chi connectivity index (χ3v) is 5.37. The predicted octanol–water partition coefficient (Wildman–Crippen LogP) is 5.18. The molecular weight excluding hydrogens is 364 g/mol. The second-order valence-electron chi connectivity index (χ2n) is 5.18. The average molecular weight is 383 g/mol. The van der Waals surface area contributed by atoms with Gasteiger partial charge in [-0.15, -0.1) is 11.3 Å². The number of nitrogens with one attached hydrogen (secondary N) is 2. The summed E-state index contributed by atoms with van der Waals surface area (Å²) < 4.78 is 4.91. The number of halogens is 1. The molecule has 2 N–H and O–H groups in total. The van der Waals surface area contributed by atoms with Crippen LogP contribution in [0.1, 0.15) is 33.3 Å². The van der Waals surface area contributed by atoms with Gasteiger partial charge in [-0.3, -0.25) is 0 Å². The smallest absolute Gasteiger partial charge is 0.341 e. The number of rotatable bonds is 4. The Kier molecular flexibility index (Phi) is 6.21. The molecule has 24 heavy (non-hydrogen) atoms. The molecule has 0 saturated carbocycles. The van der Waals surface area contributed by atoms with Crippen molar-refractivity contribution in [3.05, 3.63) is 44.8 Å². The number of aryl methyl sites for hydroxylation is 1. The molecule has 7 heteroatoms. The highest BCUT2D eigenvalue weighted by atomic mass is 35.5. The Morgan fingerprint density at radius 3 is 2.67 bits per heavy atom. The van der Waals surface area contributed by atoms with Gasteiger partial charge in [0, 0.05) is 15.6 Å². The molecule has 1 heterocycles. The summed E-state index contributed by atoms with van der Waals surface area (Å²) in [6, 6.07) is 5.57. The average Bonchev–Trinajstić information content (AvgIpc) is 2.86. The fourth-order valence-corrected chi connectivity index (χ4v) is 4.00. The molecule has 0 aliphatic rings. The van der Waals surface area contributed by atoms with Gasteiger partial charge >= 0.3 is 5.97 Å². The molecule has 0 fully saturated rings. The number of carbonyl (C=O) groups excluding carboxylic acids is 1. The van der Waals surface area contributed by atoms with Crippen molar-refractivity contribution in [1.29, 1.82) is 0 Å². The Hall–Kier alpha value is -1.63. The van der Waals surface area contributed by atoms with Crippen LogP contribution in [0.4, 0.5) is 10.7 Å². The number of esters is 1. The van der Waals surface area contributed by atoms with E-state index >= 15 is 0 Å². The quantitative estimate of drug-likeness (QED) is 0.563. The summed E-state index contributed by atoms with van der Waals surface area (Å²) in [7, 11) is 1.38. The van der Waals surface area contributed by atoms with Crippen LogP contribution in [0, 0.1) is 13.8 Å². The van der Waals surface area contributed by atoms with Crippen molar-refractivity contribution in [2.45, 2.75) is 27.2 Å². The van der Waals surface area contributed by atoms with Crippen LogP contribution in [-0.4, -0.2) is 18.2 Å². The number of hydrogen-bond donors (Lipinski definition) is 2. The number of anilines is 2. The van der Waals surface area contributed by atoms with E-state index in [1.165, 1.54) is 18.4 Å². The molecule has 1 aromatic carbocycles. The van der Waals surface area contributed by atoms with E-state index in [4.69, 9.17) is 28.6 Å². The van der Waals surface area contributed by atoms with Gasteiger partial charge < -0.3 is 15.4 Å². The third kappa shape index (κ3) is 3.88. The normalized spacial score (nSPS) is 10.4. The van der Waals surface area contributed by atoms with Gasteiger partial charge in [0.05, 0.1) is 12.7 Å². The van der Waals surface area contributed by atoms with Gasteiger partial charge in [-0.1, -0.05) is 24.6 Å². The number of hydrogen-bond acceptors (Lipinski definition) is 4. The van der Waals surface area contributed by atoms with Gasteiger partial charge in [0.15, 0.2) is 5.11 Å². The van der Waals surface area contributed by atoms with Gasteiger partial charge in [0.2, 0.25) is 0 Å². The molecule has 0 aliphatic carbocycles. The van der Waals surface area contributed by atoms with Crippen LogP contribution in [0.15, 0.2) is 18.2 Å². The second kappa shape index (κ2) is 7.96. The first-order valence-corrected chi connectivity index (χ1v) is 9.03. The van der Waals surface area contributed by atoms with E-state index in [2.05, 4.69) is 10.6 Å². The highest BCUT2D eigenvalue weighted by Gasteiger charge is 2.22. The number of methoxy groups -OCH3 is 1. The first-order chi connectivity index (χ1) is 11.4. The zero-order chi connectivity index (χ0) is 17.9. The van der Waals surface area contributed by atoms with Crippen LogP contribution in [0.2, 0.25) is 5.02 Å². The van der Waals surface area contributed by atoms with Crippen LogP contribution in [0.25, 0.3) is 0 Å². The Balaban J connectivity index is 2.26. The Morgan fingerprint density at radius 2 is 2.04 bits per heavy atom. The lowest BCUT2D eigenvalue weighted by Gasteiger charge is -2.13. The Bertz CT molecular complexity index is 787. The summed E-state index contributed by atoms with van der Waals surface area (Å²) in [4.78, 5) is 13.2.